The molecule has 4 nitrogen and oxygen atoms in total. The van der Waals surface area contributed by atoms with E-state index in [2.05, 4.69) is 31.4 Å². The molecule has 1 N–H and O–H groups in total. The number of nitrogens with zero attached hydrogens (tertiary/aromatic N) is 2. The minimum Gasteiger partial charge on any atom is -0.360 e. The zero-order valence-corrected chi connectivity index (χ0v) is 13.5. The minimum absolute atomic E-state index is 0.121. The SMILES string of the molecule is CCNc1nnc(SCC(=O)c2ccc(Br)s2)s1. The summed E-state index contributed by atoms with van der Waals surface area (Å²) in [6.07, 6.45) is 0. The molecule has 96 valence electrons. The Hall–Kier alpha value is -0.440. The Bertz CT molecular complexity index is 540. The number of thioether (sulfide) groups is 1. The van der Waals surface area contributed by atoms with Gasteiger partial charge in [0.25, 0.3) is 0 Å². The number of ketones is 1. The van der Waals surface area contributed by atoms with Crippen LogP contribution in [0.1, 0.15) is 16.6 Å². The third-order valence-electron chi connectivity index (χ3n) is 1.91. The van der Waals surface area contributed by atoms with Gasteiger partial charge in [-0.15, -0.1) is 21.5 Å². The summed E-state index contributed by atoms with van der Waals surface area (Å²) in [6, 6.07) is 3.72. The van der Waals surface area contributed by atoms with Crippen LogP contribution < -0.4 is 5.32 Å². The van der Waals surface area contributed by atoms with Crippen molar-refractivity contribution in [2.75, 3.05) is 17.6 Å². The molecular weight excluding hydrogens is 354 g/mol. The van der Waals surface area contributed by atoms with Gasteiger partial charge in [-0.25, -0.2) is 0 Å². The summed E-state index contributed by atoms with van der Waals surface area (Å²) < 4.78 is 1.79. The van der Waals surface area contributed by atoms with Crippen LogP contribution in [0, 0.1) is 0 Å². The third kappa shape index (κ3) is 3.78. The van der Waals surface area contributed by atoms with Crippen LogP contribution in [0.2, 0.25) is 0 Å². The molecule has 2 aromatic heterocycles. The largest absolute Gasteiger partial charge is 0.360 e. The van der Waals surface area contributed by atoms with E-state index in [9.17, 15) is 4.79 Å². The van der Waals surface area contributed by atoms with Crippen LogP contribution in [0.15, 0.2) is 20.3 Å². The smallest absolute Gasteiger partial charge is 0.206 e. The maximum Gasteiger partial charge on any atom is 0.206 e. The molecule has 0 amide bonds. The number of carbonyl (C=O) groups is 1. The predicted octanol–water partition coefficient (Wildman–Crippen LogP) is 3.77. The van der Waals surface area contributed by atoms with Crippen molar-refractivity contribution in [1.82, 2.24) is 10.2 Å². The van der Waals surface area contributed by atoms with E-state index in [1.54, 1.807) is 0 Å². The molecule has 0 bridgehead atoms. The molecule has 0 saturated carbocycles. The van der Waals surface area contributed by atoms with Gasteiger partial charge in [-0.1, -0.05) is 23.1 Å². The lowest BCUT2D eigenvalue weighted by Gasteiger charge is -1.94. The van der Waals surface area contributed by atoms with Gasteiger partial charge in [0.1, 0.15) is 0 Å². The molecule has 0 aliphatic heterocycles. The first-order chi connectivity index (χ1) is 8.69. The van der Waals surface area contributed by atoms with Crippen molar-refractivity contribution in [3.05, 3.63) is 20.8 Å². The topological polar surface area (TPSA) is 54.9 Å². The summed E-state index contributed by atoms with van der Waals surface area (Å²) >= 11 is 7.70. The van der Waals surface area contributed by atoms with Crippen LogP contribution in [-0.4, -0.2) is 28.3 Å². The fraction of sp³-hybridized carbons (Fsp3) is 0.300. The lowest BCUT2D eigenvalue weighted by molar-refractivity contribution is 0.102. The van der Waals surface area contributed by atoms with E-state index in [0.29, 0.717) is 5.75 Å². The molecular formula is C10H10BrN3OS3. The van der Waals surface area contributed by atoms with Crippen LogP contribution in [0.25, 0.3) is 0 Å². The van der Waals surface area contributed by atoms with Crippen LogP contribution in [-0.2, 0) is 0 Å². The normalized spacial score (nSPS) is 10.6. The number of carbonyl (C=O) groups excluding carboxylic acids is 1. The number of anilines is 1. The summed E-state index contributed by atoms with van der Waals surface area (Å²) in [5.41, 5.74) is 0. The lowest BCUT2D eigenvalue weighted by atomic mass is 10.4. The average Bonchev–Trinajstić information content (AvgIpc) is 2.96. The highest BCUT2D eigenvalue weighted by molar-refractivity contribution is 9.11. The third-order valence-corrected chi connectivity index (χ3v) is 5.59. The van der Waals surface area contributed by atoms with Crippen molar-refractivity contribution in [3.8, 4) is 0 Å². The predicted molar refractivity (Wildman–Crippen MR) is 81.1 cm³/mol. The van der Waals surface area contributed by atoms with Crippen molar-refractivity contribution < 1.29 is 4.79 Å². The quantitative estimate of drug-likeness (QED) is 0.625. The van der Waals surface area contributed by atoms with Gasteiger partial charge < -0.3 is 5.32 Å². The van der Waals surface area contributed by atoms with E-state index in [0.717, 1.165) is 24.7 Å². The Labute approximate surface area is 125 Å². The molecule has 0 radical (unpaired) electrons. The average molecular weight is 364 g/mol. The number of halogens is 1. The number of aromatic nitrogens is 2. The monoisotopic (exact) mass is 363 g/mol. The van der Waals surface area contributed by atoms with E-state index in [1.165, 1.54) is 34.4 Å². The Morgan fingerprint density at radius 3 is 2.94 bits per heavy atom. The number of hydrogen-bond donors (Lipinski definition) is 1. The molecule has 0 aliphatic carbocycles. The molecule has 2 rings (SSSR count). The second-order valence-corrected chi connectivity index (χ2v) is 7.88. The zero-order valence-electron chi connectivity index (χ0n) is 9.47. The molecule has 0 saturated heterocycles. The Kier molecular flexibility index (Phi) is 5.16. The summed E-state index contributed by atoms with van der Waals surface area (Å²) in [6.45, 7) is 2.83. The molecule has 18 heavy (non-hydrogen) atoms. The number of Topliss-reactive ketones (excluding diaryl/α,β-unsaturated/α-hetero) is 1. The van der Waals surface area contributed by atoms with Crippen LogP contribution >= 0.6 is 50.4 Å². The molecule has 0 atom stereocenters. The van der Waals surface area contributed by atoms with E-state index in [4.69, 9.17) is 0 Å². The second kappa shape index (κ2) is 6.65. The van der Waals surface area contributed by atoms with Crippen LogP contribution in [0.4, 0.5) is 5.13 Å². The Morgan fingerprint density at radius 2 is 2.28 bits per heavy atom. The molecule has 0 aliphatic rings. The standard InChI is InChI=1S/C10H10BrN3OS3/c1-2-12-9-13-14-10(18-9)16-5-6(15)7-3-4-8(11)17-7/h3-4H,2,5H2,1H3,(H,12,13). The van der Waals surface area contributed by atoms with Gasteiger partial charge >= 0.3 is 0 Å². The Morgan fingerprint density at radius 1 is 1.44 bits per heavy atom. The van der Waals surface area contributed by atoms with Crippen molar-refractivity contribution in [2.45, 2.75) is 11.3 Å². The summed E-state index contributed by atoms with van der Waals surface area (Å²) in [5.74, 6) is 0.518. The molecule has 2 aromatic rings. The maximum atomic E-state index is 11.9. The van der Waals surface area contributed by atoms with Gasteiger partial charge in [0.2, 0.25) is 5.13 Å². The van der Waals surface area contributed by atoms with Gasteiger partial charge in [-0.3, -0.25) is 4.79 Å². The van der Waals surface area contributed by atoms with Gasteiger partial charge in [-0.2, -0.15) is 0 Å². The van der Waals surface area contributed by atoms with Crippen molar-refractivity contribution in [3.63, 3.8) is 0 Å². The number of hydrogen-bond acceptors (Lipinski definition) is 7. The summed E-state index contributed by atoms with van der Waals surface area (Å²) in [5, 5.41) is 11.9. The molecule has 0 fully saturated rings. The highest BCUT2D eigenvalue weighted by Gasteiger charge is 2.11. The van der Waals surface area contributed by atoms with Crippen molar-refractivity contribution in [1.29, 1.82) is 0 Å². The van der Waals surface area contributed by atoms with Gasteiger partial charge in [0.15, 0.2) is 10.1 Å². The first kappa shape index (κ1) is 14.0. The van der Waals surface area contributed by atoms with Gasteiger partial charge in [0.05, 0.1) is 14.4 Å². The molecule has 0 unspecified atom stereocenters. The van der Waals surface area contributed by atoms with Crippen LogP contribution in [0.3, 0.4) is 0 Å². The molecule has 0 spiro atoms. The number of rotatable bonds is 6. The first-order valence-corrected chi connectivity index (χ1v) is 8.59. The molecule has 8 heteroatoms. The highest BCUT2D eigenvalue weighted by Crippen LogP contribution is 2.28. The molecule has 0 aromatic carbocycles. The first-order valence-electron chi connectivity index (χ1n) is 5.17. The maximum absolute atomic E-state index is 11.9. The van der Waals surface area contributed by atoms with E-state index >= 15 is 0 Å². The van der Waals surface area contributed by atoms with E-state index in [1.807, 2.05) is 19.1 Å². The van der Waals surface area contributed by atoms with Crippen molar-refractivity contribution >= 4 is 61.3 Å². The second-order valence-electron chi connectivity index (χ2n) is 3.22. The van der Waals surface area contributed by atoms with E-state index < -0.39 is 0 Å². The highest BCUT2D eigenvalue weighted by atomic mass is 79.9. The van der Waals surface area contributed by atoms with Gasteiger partial charge in [0, 0.05) is 6.54 Å². The summed E-state index contributed by atoms with van der Waals surface area (Å²) in [4.78, 5) is 12.6. The van der Waals surface area contributed by atoms with E-state index in [-0.39, 0.29) is 5.78 Å². The lowest BCUT2D eigenvalue weighted by Crippen LogP contribution is -1.98. The number of nitrogens with one attached hydrogen (secondary N) is 1. The molecule has 2 heterocycles. The fourth-order valence-electron chi connectivity index (χ4n) is 1.15. The van der Waals surface area contributed by atoms with Crippen molar-refractivity contribution in [2.24, 2.45) is 0 Å². The van der Waals surface area contributed by atoms with Crippen LogP contribution in [0.5, 0.6) is 0 Å². The Balaban J connectivity index is 1.88. The number of thiophene rings is 1. The minimum atomic E-state index is 0.121. The summed E-state index contributed by atoms with van der Waals surface area (Å²) in [7, 11) is 0. The van der Waals surface area contributed by atoms with Gasteiger partial charge in [-0.05, 0) is 35.0 Å². The fourth-order valence-corrected chi connectivity index (χ4v) is 4.27. The zero-order chi connectivity index (χ0) is 13.0.